The number of halogens is 1. The molecule has 1 aromatic carbocycles. The van der Waals surface area contributed by atoms with Gasteiger partial charge in [-0.05, 0) is 30.7 Å². The first-order chi connectivity index (χ1) is 8.81. The summed E-state index contributed by atoms with van der Waals surface area (Å²) in [6.45, 7) is 1.72. The van der Waals surface area contributed by atoms with Gasteiger partial charge in [0, 0.05) is 4.47 Å². The highest BCUT2D eigenvalue weighted by molar-refractivity contribution is 9.10. The second kappa shape index (κ2) is 5.15. The summed E-state index contributed by atoms with van der Waals surface area (Å²) in [6.07, 6.45) is 2.82. The van der Waals surface area contributed by atoms with E-state index in [2.05, 4.69) is 26.2 Å². The van der Waals surface area contributed by atoms with Crippen molar-refractivity contribution in [2.24, 2.45) is 10.2 Å². The van der Waals surface area contributed by atoms with Crippen molar-refractivity contribution < 1.29 is 12.6 Å². The molecule has 0 radical (unpaired) electrons. The number of azo groups is 1. The zero-order chi connectivity index (χ0) is 14.1. The van der Waals surface area contributed by atoms with Crippen LogP contribution in [0, 0.1) is 0 Å². The van der Waals surface area contributed by atoms with Gasteiger partial charge in [-0.25, -0.2) is 0 Å². The molecule has 1 atom stereocenters. The molecule has 0 fully saturated rings. The minimum atomic E-state index is -3.53. The van der Waals surface area contributed by atoms with Crippen molar-refractivity contribution >= 4 is 26.0 Å². The molecule has 0 aromatic heterocycles. The highest BCUT2D eigenvalue weighted by Crippen LogP contribution is 2.36. The van der Waals surface area contributed by atoms with Gasteiger partial charge in [0.1, 0.15) is 6.61 Å². The van der Waals surface area contributed by atoms with E-state index < -0.39 is 15.7 Å². The first kappa shape index (κ1) is 14.4. The van der Waals surface area contributed by atoms with Crippen LogP contribution in [-0.2, 0) is 19.8 Å². The van der Waals surface area contributed by atoms with E-state index in [1.165, 1.54) is 0 Å². The van der Waals surface area contributed by atoms with Gasteiger partial charge >= 0.3 is 0 Å². The summed E-state index contributed by atoms with van der Waals surface area (Å²) in [6, 6.07) is 7.49. The van der Waals surface area contributed by atoms with Gasteiger partial charge in [-0.3, -0.25) is 4.18 Å². The molecule has 2 rings (SSSR count). The molecule has 7 heteroatoms. The minimum absolute atomic E-state index is 0.0941. The maximum atomic E-state index is 11.2. The van der Waals surface area contributed by atoms with E-state index in [9.17, 15) is 8.42 Å². The summed E-state index contributed by atoms with van der Waals surface area (Å²) in [5, 5.41) is 8.18. The van der Waals surface area contributed by atoms with Crippen LogP contribution in [-0.4, -0.2) is 21.3 Å². The Balaban J connectivity index is 2.40. The van der Waals surface area contributed by atoms with E-state index in [-0.39, 0.29) is 6.61 Å². The molecule has 1 aliphatic rings. The summed E-state index contributed by atoms with van der Waals surface area (Å²) >= 11 is 3.39. The molecule has 0 amide bonds. The summed E-state index contributed by atoms with van der Waals surface area (Å²) < 4.78 is 28.2. The fourth-order valence-electron chi connectivity index (χ4n) is 1.82. The predicted molar refractivity (Wildman–Crippen MR) is 75.2 cm³/mol. The largest absolute Gasteiger partial charge is 0.267 e. The van der Waals surface area contributed by atoms with Crippen LogP contribution in [0.25, 0.3) is 0 Å². The van der Waals surface area contributed by atoms with Crippen molar-refractivity contribution in [3.05, 3.63) is 46.1 Å². The van der Waals surface area contributed by atoms with Gasteiger partial charge in [0.15, 0.2) is 5.54 Å². The minimum Gasteiger partial charge on any atom is -0.267 e. The average Bonchev–Trinajstić information content (AvgIpc) is 2.69. The Morgan fingerprint density at radius 3 is 2.68 bits per heavy atom. The Bertz CT molecular complexity index is 655. The maximum absolute atomic E-state index is 11.2. The molecule has 1 aliphatic heterocycles. The topological polar surface area (TPSA) is 68.1 Å². The van der Waals surface area contributed by atoms with Crippen molar-refractivity contribution in [1.29, 1.82) is 0 Å². The van der Waals surface area contributed by atoms with Crippen LogP contribution in [0.4, 0.5) is 0 Å². The molecule has 0 aliphatic carbocycles. The molecular weight excluding hydrogens is 332 g/mol. The molecule has 1 unspecified atom stereocenters. The van der Waals surface area contributed by atoms with Gasteiger partial charge < -0.3 is 0 Å². The van der Waals surface area contributed by atoms with E-state index in [4.69, 9.17) is 4.18 Å². The molecular formula is C12H13BrN2O3S. The van der Waals surface area contributed by atoms with E-state index >= 15 is 0 Å². The summed E-state index contributed by atoms with van der Waals surface area (Å²) in [7, 11) is -3.53. The lowest BCUT2D eigenvalue weighted by Gasteiger charge is -2.22. The SMILES string of the molecule is CC1=CC(COS(C)(=O)=O)(c2cccc(Br)c2)N=N1. The zero-order valence-corrected chi connectivity index (χ0v) is 12.9. The van der Waals surface area contributed by atoms with Crippen LogP contribution in [0.1, 0.15) is 12.5 Å². The van der Waals surface area contributed by atoms with Crippen LogP contribution in [0.3, 0.4) is 0 Å². The normalized spacial score (nSPS) is 22.6. The van der Waals surface area contributed by atoms with Gasteiger partial charge in [-0.15, -0.1) is 0 Å². The molecule has 19 heavy (non-hydrogen) atoms. The standard InChI is InChI=1S/C12H13BrN2O3S/c1-9-7-12(15-14-9,8-18-19(2,16)17)10-4-3-5-11(13)6-10/h3-7H,8H2,1-2H3. The van der Waals surface area contributed by atoms with Gasteiger partial charge in [-0.2, -0.15) is 18.6 Å². The van der Waals surface area contributed by atoms with Crippen molar-refractivity contribution in [1.82, 2.24) is 0 Å². The average molecular weight is 345 g/mol. The van der Waals surface area contributed by atoms with Crippen LogP contribution in [0.15, 0.2) is 50.7 Å². The predicted octanol–water partition coefficient (Wildman–Crippen LogP) is 2.99. The first-order valence-electron chi connectivity index (χ1n) is 5.54. The number of allylic oxidation sites excluding steroid dienone is 1. The van der Waals surface area contributed by atoms with E-state index in [1.54, 1.807) is 6.08 Å². The van der Waals surface area contributed by atoms with Crippen molar-refractivity contribution in [3.63, 3.8) is 0 Å². The van der Waals surface area contributed by atoms with Crippen LogP contribution < -0.4 is 0 Å². The van der Waals surface area contributed by atoms with Gasteiger partial charge in [0.2, 0.25) is 0 Å². The molecule has 0 N–H and O–H groups in total. The number of hydrogen-bond acceptors (Lipinski definition) is 5. The lowest BCUT2D eigenvalue weighted by atomic mass is 9.91. The number of benzene rings is 1. The zero-order valence-electron chi connectivity index (χ0n) is 10.5. The van der Waals surface area contributed by atoms with Crippen LogP contribution >= 0.6 is 15.9 Å². The van der Waals surface area contributed by atoms with E-state index in [0.29, 0.717) is 0 Å². The van der Waals surface area contributed by atoms with E-state index in [1.807, 2.05) is 31.2 Å². The number of rotatable bonds is 4. The van der Waals surface area contributed by atoms with Gasteiger partial charge in [-0.1, -0.05) is 28.1 Å². The molecule has 1 heterocycles. The Labute approximate surface area is 120 Å². The van der Waals surface area contributed by atoms with Gasteiger partial charge in [0.05, 0.1) is 12.0 Å². The number of hydrogen-bond donors (Lipinski definition) is 0. The second-order valence-electron chi connectivity index (χ2n) is 4.39. The third kappa shape index (κ3) is 3.49. The summed E-state index contributed by atoms with van der Waals surface area (Å²) in [4.78, 5) is 0. The molecule has 0 saturated carbocycles. The molecule has 0 bridgehead atoms. The second-order valence-corrected chi connectivity index (χ2v) is 6.95. The third-order valence-electron chi connectivity index (χ3n) is 2.65. The molecule has 102 valence electrons. The van der Waals surface area contributed by atoms with Crippen molar-refractivity contribution in [2.75, 3.05) is 12.9 Å². The third-order valence-corrected chi connectivity index (χ3v) is 3.69. The Kier molecular flexibility index (Phi) is 3.89. The Hall–Kier alpha value is -1.05. The fraction of sp³-hybridized carbons (Fsp3) is 0.333. The van der Waals surface area contributed by atoms with Crippen molar-refractivity contribution in [3.8, 4) is 0 Å². The van der Waals surface area contributed by atoms with Gasteiger partial charge in [0.25, 0.3) is 10.1 Å². The molecule has 0 spiro atoms. The smallest absolute Gasteiger partial charge is 0.264 e. The maximum Gasteiger partial charge on any atom is 0.264 e. The van der Waals surface area contributed by atoms with Crippen LogP contribution in [0.2, 0.25) is 0 Å². The molecule has 0 saturated heterocycles. The summed E-state index contributed by atoms with van der Waals surface area (Å²) in [5.41, 5.74) is 0.680. The first-order valence-corrected chi connectivity index (χ1v) is 8.14. The quantitative estimate of drug-likeness (QED) is 0.788. The fourth-order valence-corrected chi connectivity index (χ4v) is 2.61. The lowest BCUT2D eigenvalue weighted by molar-refractivity contribution is 0.258. The van der Waals surface area contributed by atoms with Crippen LogP contribution in [0.5, 0.6) is 0 Å². The van der Waals surface area contributed by atoms with E-state index in [0.717, 1.165) is 22.0 Å². The monoisotopic (exact) mass is 344 g/mol. The van der Waals surface area contributed by atoms with Crippen molar-refractivity contribution in [2.45, 2.75) is 12.5 Å². The number of nitrogens with zero attached hydrogens (tertiary/aromatic N) is 2. The lowest BCUT2D eigenvalue weighted by Crippen LogP contribution is -2.27. The molecule has 1 aromatic rings. The Morgan fingerprint density at radius 2 is 2.16 bits per heavy atom. The molecule has 5 nitrogen and oxygen atoms in total. The summed E-state index contributed by atoms with van der Waals surface area (Å²) in [5.74, 6) is 0. The highest BCUT2D eigenvalue weighted by Gasteiger charge is 2.35. The Morgan fingerprint density at radius 1 is 1.42 bits per heavy atom. The highest BCUT2D eigenvalue weighted by atomic mass is 79.9.